The van der Waals surface area contributed by atoms with Crippen LogP contribution in [0.2, 0.25) is 19.6 Å². The summed E-state index contributed by atoms with van der Waals surface area (Å²) in [5, 5.41) is 3.50. The van der Waals surface area contributed by atoms with Crippen molar-refractivity contribution in [3.05, 3.63) is 59.8 Å². The molecule has 0 amide bonds. The molecule has 0 spiro atoms. The summed E-state index contributed by atoms with van der Waals surface area (Å²) in [6, 6.07) is 14.9. The van der Waals surface area contributed by atoms with Gasteiger partial charge in [-0.1, -0.05) is 71.6 Å². The van der Waals surface area contributed by atoms with E-state index >= 15 is 0 Å². The Balaban J connectivity index is 1.96. The molecular weight excluding hydrogens is 370 g/mol. The maximum Gasteiger partial charge on any atom is 0.144 e. The summed E-state index contributed by atoms with van der Waals surface area (Å²) in [4.78, 5) is 4.85. The summed E-state index contributed by atoms with van der Waals surface area (Å²) in [6.45, 7) is 15.3. The molecule has 2 nitrogen and oxygen atoms in total. The van der Waals surface area contributed by atoms with E-state index in [0.717, 1.165) is 38.8 Å². The van der Waals surface area contributed by atoms with Gasteiger partial charge in [-0.05, 0) is 46.3 Å². The van der Waals surface area contributed by atoms with Crippen LogP contribution in [-0.2, 0) is 0 Å². The van der Waals surface area contributed by atoms with Gasteiger partial charge in [-0.3, -0.25) is 4.98 Å². The molecule has 0 aliphatic rings. The molecule has 29 heavy (non-hydrogen) atoms. The van der Waals surface area contributed by atoms with E-state index in [4.69, 9.17) is 10.8 Å². The van der Waals surface area contributed by atoms with E-state index in [1.54, 1.807) is 0 Å². The minimum absolute atomic E-state index is 0.458. The molecule has 0 radical (unpaired) electrons. The maximum atomic E-state index is 8.74. The maximum absolute atomic E-state index is 8.74. The Bertz CT molecular complexity index is 1240. The molecule has 0 N–H and O–H groups in total. The van der Waals surface area contributed by atoms with Crippen LogP contribution in [-0.4, -0.2) is 13.1 Å². The van der Waals surface area contributed by atoms with Gasteiger partial charge in [0.15, 0.2) is 0 Å². The SMILES string of the molecule is [2H]C(C)(C)c1cc(-c2cccc3c2oc2cc(C(C)C)ccc23)ncc1[Si](C)(C)C. The first kappa shape index (κ1) is 18.6. The van der Waals surface area contributed by atoms with E-state index in [1.807, 2.05) is 20.0 Å². The van der Waals surface area contributed by atoms with Crippen LogP contribution in [0.5, 0.6) is 0 Å². The number of nitrogens with zero attached hydrogens (tertiary/aromatic N) is 1. The van der Waals surface area contributed by atoms with Gasteiger partial charge in [0.2, 0.25) is 0 Å². The van der Waals surface area contributed by atoms with Gasteiger partial charge < -0.3 is 4.42 Å². The zero-order chi connectivity index (χ0) is 21.8. The fourth-order valence-electron chi connectivity index (χ4n) is 3.99. The molecule has 0 bridgehead atoms. The molecule has 150 valence electrons. The standard InChI is InChI=1S/C26H31NOSi/c1-16(2)18-11-12-19-20-9-8-10-21(26(20)28-24(19)13-18)23-14-22(17(3)4)25(15-27-23)29(5,6)7/h8-17H,1-7H3/i17D. The summed E-state index contributed by atoms with van der Waals surface area (Å²) >= 11 is 0. The molecule has 0 unspecified atom stereocenters. The van der Waals surface area contributed by atoms with Crippen molar-refractivity contribution in [2.75, 3.05) is 0 Å². The number of pyridine rings is 1. The topological polar surface area (TPSA) is 26.0 Å². The number of hydrogen-bond donors (Lipinski definition) is 0. The van der Waals surface area contributed by atoms with Gasteiger partial charge in [-0.25, -0.2) is 0 Å². The molecule has 4 aromatic rings. The smallest absolute Gasteiger partial charge is 0.144 e. The van der Waals surface area contributed by atoms with Crippen LogP contribution in [0.3, 0.4) is 0 Å². The van der Waals surface area contributed by atoms with Gasteiger partial charge in [0, 0.05) is 23.9 Å². The molecule has 2 aromatic heterocycles. The first-order chi connectivity index (χ1) is 14.0. The highest BCUT2D eigenvalue weighted by molar-refractivity contribution is 6.89. The summed E-state index contributed by atoms with van der Waals surface area (Å²) in [7, 11) is -1.61. The van der Waals surface area contributed by atoms with Crippen molar-refractivity contribution in [1.82, 2.24) is 4.98 Å². The van der Waals surface area contributed by atoms with Crippen LogP contribution in [0.1, 0.15) is 52.0 Å². The van der Waals surface area contributed by atoms with E-state index in [-0.39, 0.29) is 0 Å². The Kier molecular flexibility index (Phi) is 4.58. The van der Waals surface area contributed by atoms with Crippen LogP contribution in [0.15, 0.2) is 53.1 Å². The predicted molar refractivity (Wildman–Crippen MR) is 128 cm³/mol. The van der Waals surface area contributed by atoms with Crippen LogP contribution in [0.25, 0.3) is 33.2 Å². The lowest BCUT2D eigenvalue weighted by Gasteiger charge is -2.23. The van der Waals surface area contributed by atoms with E-state index in [2.05, 4.69) is 76.0 Å². The largest absolute Gasteiger partial charge is 0.455 e. The van der Waals surface area contributed by atoms with E-state index in [0.29, 0.717) is 5.92 Å². The highest BCUT2D eigenvalue weighted by atomic mass is 28.3. The second-order valence-electron chi connectivity index (χ2n) is 9.56. The highest BCUT2D eigenvalue weighted by Crippen LogP contribution is 2.36. The monoisotopic (exact) mass is 402 g/mol. The van der Waals surface area contributed by atoms with Crippen molar-refractivity contribution < 1.29 is 5.79 Å². The number of hydrogen-bond acceptors (Lipinski definition) is 2. The quantitative estimate of drug-likeness (QED) is 0.331. The van der Waals surface area contributed by atoms with Gasteiger partial charge in [-0.2, -0.15) is 0 Å². The first-order valence-electron chi connectivity index (χ1n) is 10.9. The number of para-hydroxylation sites is 1. The lowest BCUT2D eigenvalue weighted by Crippen LogP contribution is -2.40. The Labute approximate surface area is 176 Å². The van der Waals surface area contributed by atoms with Gasteiger partial charge >= 0.3 is 0 Å². The number of furan rings is 1. The zero-order valence-electron chi connectivity index (χ0n) is 19.6. The Morgan fingerprint density at radius 3 is 2.38 bits per heavy atom. The summed E-state index contributed by atoms with van der Waals surface area (Å²) < 4.78 is 15.1. The third-order valence-electron chi connectivity index (χ3n) is 5.72. The van der Waals surface area contributed by atoms with Gasteiger partial charge in [0.25, 0.3) is 0 Å². The number of fused-ring (bicyclic) bond motifs is 3. The molecule has 0 aliphatic carbocycles. The second kappa shape index (κ2) is 7.14. The molecule has 4 rings (SSSR count). The minimum Gasteiger partial charge on any atom is -0.455 e. The number of benzene rings is 2. The molecule has 2 heterocycles. The highest BCUT2D eigenvalue weighted by Gasteiger charge is 2.23. The van der Waals surface area contributed by atoms with Crippen LogP contribution >= 0.6 is 0 Å². The molecular formula is C26H31NOSi. The van der Waals surface area contributed by atoms with Crippen molar-refractivity contribution in [2.24, 2.45) is 0 Å². The third-order valence-corrected chi connectivity index (χ3v) is 7.73. The third kappa shape index (κ3) is 3.53. The van der Waals surface area contributed by atoms with Gasteiger partial charge in [-0.15, -0.1) is 0 Å². The lowest BCUT2D eigenvalue weighted by molar-refractivity contribution is 0.668. The molecule has 0 saturated heterocycles. The van der Waals surface area contributed by atoms with E-state index < -0.39 is 14.0 Å². The van der Waals surface area contributed by atoms with Crippen molar-refractivity contribution in [3.63, 3.8) is 0 Å². The van der Waals surface area contributed by atoms with Gasteiger partial charge in [0.1, 0.15) is 11.2 Å². The van der Waals surface area contributed by atoms with Crippen molar-refractivity contribution in [2.45, 2.75) is 59.1 Å². The summed E-state index contributed by atoms with van der Waals surface area (Å²) in [6.07, 6.45) is 2.01. The van der Waals surface area contributed by atoms with Crippen molar-refractivity contribution in [1.29, 1.82) is 0 Å². The van der Waals surface area contributed by atoms with E-state index in [9.17, 15) is 0 Å². The second-order valence-corrected chi connectivity index (χ2v) is 14.6. The Morgan fingerprint density at radius 1 is 0.966 bits per heavy atom. The molecule has 0 aliphatic heterocycles. The van der Waals surface area contributed by atoms with Crippen molar-refractivity contribution >= 4 is 35.2 Å². The average molecular weight is 403 g/mol. The number of rotatable bonds is 4. The van der Waals surface area contributed by atoms with Crippen LogP contribution in [0.4, 0.5) is 0 Å². The molecule has 0 atom stereocenters. The zero-order valence-corrected chi connectivity index (χ0v) is 19.6. The minimum atomic E-state index is -1.61. The molecule has 0 fully saturated rings. The summed E-state index contributed by atoms with van der Waals surface area (Å²) in [5.74, 6) is -0.221. The lowest BCUT2D eigenvalue weighted by atomic mass is 9.99. The Hall–Kier alpha value is -2.39. The van der Waals surface area contributed by atoms with Gasteiger partial charge in [0.05, 0.1) is 13.8 Å². The normalized spacial score (nSPS) is 13.4. The fraction of sp³-hybridized carbons (Fsp3) is 0.346. The first-order valence-corrected chi connectivity index (χ1v) is 13.9. The summed E-state index contributed by atoms with van der Waals surface area (Å²) in [5.41, 5.74) is 6.00. The predicted octanol–water partition coefficient (Wildman–Crippen LogP) is 7.44. The average Bonchev–Trinajstić information content (AvgIpc) is 3.04. The van der Waals surface area contributed by atoms with E-state index in [1.165, 1.54) is 10.8 Å². The van der Waals surface area contributed by atoms with Crippen LogP contribution in [0, 0.1) is 0 Å². The molecule has 2 aromatic carbocycles. The van der Waals surface area contributed by atoms with Crippen molar-refractivity contribution in [3.8, 4) is 11.3 Å². The number of aromatic nitrogens is 1. The van der Waals surface area contributed by atoms with Crippen LogP contribution < -0.4 is 5.19 Å². The molecule has 3 heteroatoms. The fourth-order valence-corrected chi connectivity index (χ4v) is 5.57. The Morgan fingerprint density at radius 2 is 1.72 bits per heavy atom. The molecule has 0 saturated carbocycles.